The molecular formula is C24H37FN4O4. The van der Waals surface area contributed by atoms with E-state index in [1.807, 2.05) is 0 Å². The molecule has 0 aromatic heterocycles. The molecule has 2 fully saturated rings. The van der Waals surface area contributed by atoms with Crippen LogP contribution < -0.4 is 11.1 Å². The summed E-state index contributed by atoms with van der Waals surface area (Å²) in [5.74, 6) is -0.588. The number of rotatable bonds is 10. The Labute approximate surface area is 195 Å². The molecule has 2 atom stereocenters. The first-order chi connectivity index (χ1) is 15.9. The Morgan fingerprint density at radius 1 is 1.15 bits per heavy atom. The second-order valence-electron chi connectivity index (χ2n) is 9.09. The van der Waals surface area contributed by atoms with Gasteiger partial charge in [-0.25, -0.2) is 4.39 Å². The van der Waals surface area contributed by atoms with Gasteiger partial charge < -0.3 is 25.4 Å². The molecule has 184 valence electrons. The van der Waals surface area contributed by atoms with E-state index < -0.39 is 6.04 Å². The first kappa shape index (κ1) is 25.6. The number of hydrogen-bond donors (Lipinski definition) is 2. The Balaban J connectivity index is 1.72. The minimum absolute atomic E-state index is 0.0264. The predicted molar refractivity (Wildman–Crippen MR) is 123 cm³/mol. The van der Waals surface area contributed by atoms with Crippen LogP contribution in [0, 0.1) is 5.82 Å². The number of nitrogens with one attached hydrogen (secondary N) is 1. The summed E-state index contributed by atoms with van der Waals surface area (Å²) in [6.45, 7) is 2.10. The van der Waals surface area contributed by atoms with Gasteiger partial charge in [-0.05, 0) is 49.8 Å². The molecule has 1 saturated carbocycles. The van der Waals surface area contributed by atoms with Gasteiger partial charge in [0.15, 0.2) is 0 Å². The molecule has 1 aliphatic heterocycles. The number of nitrogens with zero attached hydrogens (tertiary/aromatic N) is 2. The van der Waals surface area contributed by atoms with E-state index in [1.165, 1.54) is 19.2 Å². The van der Waals surface area contributed by atoms with E-state index >= 15 is 0 Å². The highest BCUT2D eigenvalue weighted by Gasteiger charge is 2.42. The fraction of sp³-hybridized carbons (Fsp3) is 0.667. The van der Waals surface area contributed by atoms with Crippen LogP contribution in [0.2, 0.25) is 0 Å². The number of benzene rings is 1. The number of methoxy groups -OCH3 is 2. The maximum Gasteiger partial charge on any atom is 0.249 e. The van der Waals surface area contributed by atoms with Crippen LogP contribution in [-0.2, 0) is 25.6 Å². The van der Waals surface area contributed by atoms with Gasteiger partial charge in [-0.2, -0.15) is 0 Å². The zero-order valence-electron chi connectivity index (χ0n) is 19.7. The third-order valence-electron chi connectivity index (χ3n) is 6.69. The summed E-state index contributed by atoms with van der Waals surface area (Å²) in [6, 6.07) is 6.13. The highest BCUT2D eigenvalue weighted by molar-refractivity contribution is 5.89. The SMILES string of the molecule is COCCN(Cc1ccc(F)cc1)C1CC(C(=O)NC2CCC(N)CC2)N(C(=O)COC)C1. The van der Waals surface area contributed by atoms with Crippen molar-refractivity contribution in [1.29, 1.82) is 0 Å². The van der Waals surface area contributed by atoms with E-state index in [0.717, 1.165) is 31.2 Å². The highest BCUT2D eigenvalue weighted by atomic mass is 19.1. The van der Waals surface area contributed by atoms with E-state index in [9.17, 15) is 14.0 Å². The Morgan fingerprint density at radius 2 is 1.85 bits per heavy atom. The quantitative estimate of drug-likeness (QED) is 0.542. The van der Waals surface area contributed by atoms with Gasteiger partial charge in [0.25, 0.3) is 0 Å². The maximum absolute atomic E-state index is 13.4. The lowest BCUT2D eigenvalue weighted by atomic mass is 9.91. The summed E-state index contributed by atoms with van der Waals surface area (Å²) in [4.78, 5) is 29.9. The van der Waals surface area contributed by atoms with E-state index in [4.69, 9.17) is 15.2 Å². The molecule has 3 N–H and O–H groups in total. The molecule has 9 heteroatoms. The summed E-state index contributed by atoms with van der Waals surface area (Å²) in [5.41, 5.74) is 6.96. The van der Waals surface area contributed by atoms with Crippen LogP contribution in [0.1, 0.15) is 37.7 Å². The van der Waals surface area contributed by atoms with Crippen LogP contribution in [0.4, 0.5) is 4.39 Å². The normalized spacial score (nSPS) is 25.4. The zero-order chi connectivity index (χ0) is 23.8. The van der Waals surface area contributed by atoms with Gasteiger partial charge in [-0.15, -0.1) is 0 Å². The third-order valence-corrected chi connectivity index (χ3v) is 6.69. The largest absolute Gasteiger partial charge is 0.383 e. The molecule has 1 aromatic rings. The average molecular weight is 465 g/mol. The lowest BCUT2D eigenvalue weighted by molar-refractivity contribution is -0.141. The minimum Gasteiger partial charge on any atom is -0.383 e. The number of amides is 2. The van der Waals surface area contributed by atoms with Crippen molar-refractivity contribution in [3.63, 3.8) is 0 Å². The van der Waals surface area contributed by atoms with Crippen molar-refractivity contribution in [1.82, 2.24) is 15.1 Å². The van der Waals surface area contributed by atoms with Crippen molar-refractivity contribution in [3.05, 3.63) is 35.6 Å². The molecule has 0 bridgehead atoms. The fourth-order valence-corrected chi connectivity index (χ4v) is 4.79. The van der Waals surface area contributed by atoms with E-state index in [1.54, 1.807) is 24.1 Å². The van der Waals surface area contributed by atoms with Crippen molar-refractivity contribution in [2.24, 2.45) is 5.73 Å². The molecular weight excluding hydrogens is 427 g/mol. The van der Waals surface area contributed by atoms with Crippen molar-refractivity contribution >= 4 is 11.8 Å². The summed E-state index contributed by atoms with van der Waals surface area (Å²) in [7, 11) is 3.12. The number of nitrogens with two attached hydrogens (primary N) is 1. The number of hydrogen-bond acceptors (Lipinski definition) is 6. The molecule has 1 aromatic carbocycles. The Bertz CT molecular complexity index is 770. The highest BCUT2D eigenvalue weighted by Crippen LogP contribution is 2.26. The first-order valence-corrected chi connectivity index (χ1v) is 11.7. The van der Waals surface area contributed by atoms with Crippen LogP contribution in [-0.4, -0.2) is 86.3 Å². The number of carbonyl (C=O) groups is 2. The van der Waals surface area contributed by atoms with Crippen LogP contribution in [0.15, 0.2) is 24.3 Å². The van der Waals surface area contributed by atoms with Crippen molar-refractivity contribution in [2.75, 3.05) is 40.5 Å². The molecule has 0 spiro atoms. The second kappa shape index (κ2) is 12.4. The third kappa shape index (κ3) is 7.20. The standard InChI is InChI=1S/C24H37FN4O4/c1-32-12-11-28(14-17-3-5-18(25)6-4-17)21-13-22(29(15-21)23(30)16-33-2)24(31)27-20-9-7-19(26)8-10-20/h3-6,19-22H,7-16,26H2,1-2H3,(H,27,31). The Hall–Kier alpha value is -2.07. The van der Waals surface area contributed by atoms with Crippen molar-refractivity contribution < 1.29 is 23.5 Å². The van der Waals surface area contributed by atoms with E-state index in [-0.39, 0.29) is 42.4 Å². The molecule has 2 unspecified atom stereocenters. The summed E-state index contributed by atoms with van der Waals surface area (Å²) in [5, 5.41) is 3.15. The van der Waals surface area contributed by atoms with Gasteiger partial charge in [0, 0.05) is 52.0 Å². The predicted octanol–water partition coefficient (Wildman–Crippen LogP) is 1.28. The van der Waals surface area contributed by atoms with Crippen molar-refractivity contribution in [3.8, 4) is 0 Å². The van der Waals surface area contributed by atoms with E-state index in [0.29, 0.717) is 32.7 Å². The molecule has 8 nitrogen and oxygen atoms in total. The monoisotopic (exact) mass is 464 g/mol. The van der Waals surface area contributed by atoms with Crippen LogP contribution in [0.25, 0.3) is 0 Å². The lowest BCUT2D eigenvalue weighted by Gasteiger charge is -2.30. The molecule has 2 amide bonds. The molecule has 1 saturated heterocycles. The smallest absolute Gasteiger partial charge is 0.249 e. The molecule has 0 radical (unpaired) electrons. The molecule has 33 heavy (non-hydrogen) atoms. The van der Waals surface area contributed by atoms with Crippen molar-refractivity contribution in [2.45, 2.75) is 62.8 Å². The Morgan fingerprint density at radius 3 is 2.48 bits per heavy atom. The topological polar surface area (TPSA) is 97.1 Å². The Kier molecular flexibility index (Phi) is 9.61. The minimum atomic E-state index is -0.550. The lowest BCUT2D eigenvalue weighted by Crippen LogP contribution is -2.50. The van der Waals surface area contributed by atoms with E-state index in [2.05, 4.69) is 10.2 Å². The molecule has 1 heterocycles. The second-order valence-corrected chi connectivity index (χ2v) is 9.09. The van der Waals surface area contributed by atoms with Gasteiger partial charge in [0.05, 0.1) is 6.61 Å². The molecule has 2 aliphatic rings. The fourth-order valence-electron chi connectivity index (χ4n) is 4.79. The van der Waals surface area contributed by atoms with Gasteiger partial charge in [-0.3, -0.25) is 14.5 Å². The summed E-state index contributed by atoms with van der Waals surface area (Å²) >= 11 is 0. The average Bonchev–Trinajstić information content (AvgIpc) is 3.25. The van der Waals surface area contributed by atoms with Gasteiger partial charge in [-0.1, -0.05) is 12.1 Å². The summed E-state index contributed by atoms with van der Waals surface area (Å²) in [6.07, 6.45) is 4.04. The summed E-state index contributed by atoms with van der Waals surface area (Å²) < 4.78 is 23.7. The van der Waals surface area contributed by atoms with Gasteiger partial charge in [0.1, 0.15) is 18.5 Å². The number of halogens is 1. The van der Waals surface area contributed by atoms with Crippen LogP contribution >= 0.6 is 0 Å². The maximum atomic E-state index is 13.4. The first-order valence-electron chi connectivity index (χ1n) is 11.7. The number of likely N-dealkylation sites (tertiary alicyclic amines) is 1. The number of ether oxygens (including phenoxy) is 2. The number of carbonyl (C=O) groups excluding carboxylic acids is 2. The van der Waals surface area contributed by atoms with Crippen LogP contribution in [0.5, 0.6) is 0 Å². The van der Waals surface area contributed by atoms with Gasteiger partial charge in [0.2, 0.25) is 11.8 Å². The zero-order valence-corrected chi connectivity index (χ0v) is 19.7. The van der Waals surface area contributed by atoms with Crippen LogP contribution in [0.3, 0.4) is 0 Å². The van der Waals surface area contributed by atoms with Gasteiger partial charge >= 0.3 is 0 Å². The molecule has 1 aliphatic carbocycles. The molecule has 3 rings (SSSR count).